The van der Waals surface area contributed by atoms with Crippen molar-refractivity contribution in [1.82, 2.24) is 9.88 Å². The number of rotatable bonds is 4. The second-order valence-electron chi connectivity index (χ2n) is 7.07. The van der Waals surface area contributed by atoms with Crippen molar-refractivity contribution in [1.29, 1.82) is 0 Å². The van der Waals surface area contributed by atoms with Crippen molar-refractivity contribution in [3.63, 3.8) is 0 Å². The van der Waals surface area contributed by atoms with Crippen LogP contribution in [-0.2, 0) is 4.74 Å². The number of amides is 1. The number of carbonyl (C=O) groups excluding carboxylic acids is 1. The number of ether oxygens (including phenoxy) is 2. The second kappa shape index (κ2) is 7.70. The van der Waals surface area contributed by atoms with E-state index in [0.717, 1.165) is 26.1 Å². The van der Waals surface area contributed by atoms with Crippen molar-refractivity contribution in [3.05, 3.63) is 23.9 Å². The molecular formula is C19H28N2O4. The van der Waals surface area contributed by atoms with Crippen molar-refractivity contribution in [2.75, 3.05) is 32.9 Å². The molecule has 6 nitrogen and oxygen atoms in total. The highest BCUT2D eigenvalue weighted by molar-refractivity contribution is 5.96. The van der Waals surface area contributed by atoms with Crippen molar-refractivity contribution >= 4 is 5.91 Å². The number of carbonyl (C=O) groups is 1. The van der Waals surface area contributed by atoms with Gasteiger partial charge in [0.2, 0.25) is 5.88 Å². The maximum absolute atomic E-state index is 12.9. The predicted molar refractivity (Wildman–Crippen MR) is 93.6 cm³/mol. The summed E-state index contributed by atoms with van der Waals surface area (Å²) in [7, 11) is 0. The van der Waals surface area contributed by atoms with E-state index in [0.29, 0.717) is 37.6 Å². The van der Waals surface area contributed by atoms with Crippen LogP contribution in [0.25, 0.3) is 0 Å². The van der Waals surface area contributed by atoms with Gasteiger partial charge in [0.15, 0.2) is 0 Å². The quantitative estimate of drug-likeness (QED) is 0.902. The molecule has 25 heavy (non-hydrogen) atoms. The van der Waals surface area contributed by atoms with Crippen LogP contribution in [-0.4, -0.2) is 59.4 Å². The van der Waals surface area contributed by atoms with E-state index in [9.17, 15) is 9.90 Å². The fourth-order valence-electron chi connectivity index (χ4n) is 4.10. The number of hydrogen-bond donors (Lipinski definition) is 1. The lowest BCUT2D eigenvalue weighted by molar-refractivity contribution is -0.125. The van der Waals surface area contributed by atoms with Crippen LogP contribution in [0, 0.1) is 11.8 Å². The lowest BCUT2D eigenvalue weighted by Gasteiger charge is -2.48. The van der Waals surface area contributed by atoms with Gasteiger partial charge in [-0.05, 0) is 44.2 Å². The number of hydrogen-bond acceptors (Lipinski definition) is 5. The Balaban J connectivity index is 1.71. The minimum atomic E-state index is -0.710. The van der Waals surface area contributed by atoms with Crippen molar-refractivity contribution in [2.45, 2.75) is 38.7 Å². The van der Waals surface area contributed by atoms with E-state index in [2.05, 4.69) is 4.98 Å². The molecule has 0 aliphatic carbocycles. The summed E-state index contributed by atoms with van der Waals surface area (Å²) in [6.07, 6.45) is 4.02. The first-order valence-electron chi connectivity index (χ1n) is 9.23. The Morgan fingerprint density at radius 1 is 1.48 bits per heavy atom. The summed E-state index contributed by atoms with van der Waals surface area (Å²) in [5.41, 5.74) is -0.217. The standard InChI is InChI=1S/C19H28N2O4/c1-3-25-17-16(5-4-9-20-17)18(22)21-10-8-19(23,14(2)13-21)15-6-11-24-12-7-15/h4-5,9,14-15,23H,3,6-8,10-13H2,1-2H3/t14-,19+/m1/s1. The molecule has 0 saturated carbocycles. The fraction of sp³-hybridized carbons (Fsp3) is 0.684. The van der Waals surface area contributed by atoms with E-state index in [1.54, 1.807) is 18.3 Å². The van der Waals surface area contributed by atoms with Crippen LogP contribution in [0.2, 0.25) is 0 Å². The SMILES string of the molecule is CCOc1ncccc1C(=O)N1CC[C@@](O)(C2CCOCC2)[C@H](C)C1. The predicted octanol–water partition coefficient (Wildman–Crippen LogP) is 2.12. The molecule has 1 amide bonds. The number of aromatic nitrogens is 1. The smallest absolute Gasteiger partial charge is 0.259 e. The van der Waals surface area contributed by atoms with Gasteiger partial charge in [0.1, 0.15) is 5.56 Å². The number of nitrogens with zero attached hydrogens (tertiary/aromatic N) is 2. The highest BCUT2D eigenvalue weighted by Crippen LogP contribution is 2.39. The second-order valence-corrected chi connectivity index (χ2v) is 7.07. The summed E-state index contributed by atoms with van der Waals surface area (Å²) >= 11 is 0. The molecule has 1 N–H and O–H groups in total. The van der Waals surface area contributed by atoms with Crippen molar-refractivity contribution in [2.24, 2.45) is 11.8 Å². The van der Waals surface area contributed by atoms with Gasteiger partial charge in [-0.3, -0.25) is 4.79 Å². The lowest BCUT2D eigenvalue weighted by Crippen LogP contribution is -2.56. The number of likely N-dealkylation sites (tertiary alicyclic amines) is 1. The molecule has 1 aromatic heterocycles. The molecule has 0 radical (unpaired) electrons. The molecule has 0 spiro atoms. The largest absolute Gasteiger partial charge is 0.477 e. The monoisotopic (exact) mass is 348 g/mol. The van der Waals surface area contributed by atoms with Crippen molar-refractivity contribution < 1.29 is 19.4 Å². The zero-order chi connectivity index (χ0) is 17.9. The van der Waals surface area contributed by atoms with E-state index < -0.39 is 5.60 Å². The van der Waals surface area contributed by atoms with Gasteiger partial charge >= 0.3 is 0 Å². The molecule has 0 unspecified atom stereocenters. The van der Waals surface area contributed by atoms with E-state index in [4.69, 9.17) is 9.47 Å². The van der Waals surface area contributed by atoms with E-state index in [-0.39, 0.29) is 17.7 Å². The Kier molecular flexibility index (Phi) is 5.59. The van der Waals surface area contributed by atoms with Crippen molar-refractivity contribution in [3.8, 4) is 5.88 Å². The fourth-order valence-corrected chi connectivity index (χ4v) is 4.10. The first kappa shape index (κ1) is 18.1. The molecule has 2 aliphatic heterocycles. The Morgan fingerprint density at radius 2 is 2.24 bits per heavy atom. The third-order valence-corrected chi connectivity index (χ3v) is 5.63. The average molecular weight is 348 g/mol. The summed E-state index contributed by atoms with van der Waals surface area (Å²) in [4.78, 5) is 18.9. The maximum atomic E-state index is 12.9. The molecule has 138 valence electrons. The third-order valence-electron chi connectivity index (χ3n) is 5.63. The number of pyridine rings is 1. The third kappa shape index (κ3) is 3.65. The maximum Gasteiger partial charge on any atom is 0.259 e. The summed E-state index contributed by atoms with van der Waals surface area (Å²) in [6.45, 7) is 6.93. The zero-order valence-corrected chi connectivity index (χ0v) is 15.1. The van der Waals surface area contributed by atoms with Crippen LogP contribution in [0.5, 0.6) is 5.88 Å². The molecule has 2 saturated heterocycles. The van der Waals surface area contributed by atoms with Crippen LogP contribution in [0.3, 0.4) is 0 Å². The van der Waals surface area contributed by atoms with Gasteiger partial charge < -0.3 is 19.5 Å². The van der Waals surface area contributed by atoms with Crippen LogP contribution < -0.4 is 4.74 Å². The first-order chi connectivity index (χ1) is 12.1. The minimum absolute atomic E-state index is 0.0283. The summed E-state index contributed by atoms with van der Waals surface area (Å²) < 4.78 is 10.9. The van der Waals surface area contributed by atoms with E-state index >= 15 is 0 Å². The van der Waals surface area contributed by atoms with Gasteiger partial charge in [0.05, 0.1) is 12.2 Å². The number of piperidine rings is 1. The van der Waals surface area contributed by atoms with Gasteiger partial charge in [0, 0.05) is 38.4 Å². The van der Waals surface area contributed by atoms with Crippen LogP contribution in [0.4, 0.5) is 0 Å². The van der Waals surface area contributed by atoms with Crippen LogP contribution >= 0.6 is 0 Å². The normalized spacial score (nSPS) is 28.0. The molecule has 3 rings (SSSR count). The molecular weight excluding hydrogens is 320 g/mol. The Bertz CT molecular complexity index is 603. The molecule has 2 fully saturated rings. The molecule has 6 heteroatoms. The van der Waals surface area contributed by atoms with E-state index in [1.165, 1.54) is 0 Å². The minimum Gasteiger partial charge on any atom is -0.477 e. The highest BCUT2D eigenvalue weighted by atomic mass is 16.5. The summed E-state index contributed by atoms with van der Waals surface area (Å²) in [5, 5.41) is 11.2. The number of aliphatic hydroxyl groups is 1. The average Bonchev–Trinajstić information content (AvgIpc) is 2.65. The Morgan fingerprint density at radius 3 is 2.92 bits per heavy atom. The van der Waals surface area contributed by atoms with E-state index in [1.807, 2.05) is 18.7 Å². The molecule has 2 aliphatic rings. The van der Waals surface area contributed by atoms with Gasteiger partial charge in [-0.25, -0.2) is 4.98 Å². The zero-order valence-electron chi connectivity index (χ0n) is 15.1. The summed E-state index contributed by atoms with van der Waals surface area (Å²) in [6, 6.07) is 3.51. The summed E-state index contributed by atoms with van der Waals surface area (Å²) in [5.74, 6) is 0.594. The molecule has 0 bridgehead atoms. The van der Waals surface area contributed by atoms with Gasteiger partial charge in [-0.15, -0.1) is 0 Å². The topological polar surface area (TPSA) is 71.9 Å². The molecule has 1 aromatic rings. The first-order valence-corrected chi connectivity index (χ1v) is 9.23. The van der Waals surface area contributed by atoms with Crippen LogP contribution in [0.1, 0.15) is 43.5 Å². The van der Waals surface area contributed by atoms with Gasteiger partial charge in [0.25, 0.3) is 5.91 Å². The van der Waals surface area contributed by atoms with Gasteiger partial charge in [-0.1, -0.05) is 6.92 Å². The Hall–Kier alpha value is -1.66. The molecule has 3 heterocycles. The van der Waals surface area contributed by atoms with Crippen LogP contribution in [0.15, 0.2) is 18.3 Å². The lowest BCUT2D eigenvalue weighted by atomic mass is 9.70. The molecule has 0 aromatic carbocycles. The highest BCUT2D eigenvalue weighted by Gasteiger charge is 2.46. The Labute approximate surface area is 149 Å². The molecule has 2 atom stereocenters. The van der Waals surface area contributed by atoms with Gasteiger partial charge in [-0.2, -0.15) is 0 Å².